The fourth-order valence-electron chi connectivity index (χ4n) is 1.63. The van der Waals surface area contributed by atoms with Gasteiger partial charge in [-0.3, -0.25) is 0 Å². The highest BCUT2D eigenvalue weighted by Crippen LogP contribution is 2.21. The Labute approximate surface area is 86.7 Å². The minimum absolute atomic E-state index is 0.618. The molecule has 0 atom stereocenters. The Hall–Kier alpha value is -1.02. The van der Waals surface area contributed by atoms with Crippen LogP contribution in [-0.4, -0.2) is 14.1 Å². The highest BCUT2D eigenvalue weighted by molar-refractivity contribution is 5.54. The average molecular weight is 192 g/mol. The number of anilines is 1. The minimum Gasteiger partial charge on any atom is -0.377 e. The van der Waals surface area contributed by atoms with Gasteiger partial charge in [0, 0.05) is 26.3 Å². The molecule has 0 radical (unpaired) electrons. The van der Waals surface area contributed by atoms with E-state index in [0.717, 1.165) is 6.42 Å². The first-order valence-corrected chi connectivity index (χ1v) is 5.18. The number of hydrogen-bond acceptors (Lipinski definition) is 2. The molecule has 0 aliphatic rings. The van der Waals surface area contributed by atoms with E-state index in [1.165, 1.54) is 23.2 Å². The fourth-order valence-corrected chi connectivity index (χ4v) is 1.63. The van der Waals surface area contributed by atoms with Crippen molar-refractivity contribution in [3.63, 3.8) is 0 Å². The van der Waals surface area contributed by atoms with Gasteiger partial charge in [-0.2, -0.15) is 0 Å². The Bertz CT molecular complexity index is 292. The lowest BCUT2D eigenvalue weighted by atomic mass is 10.0. The van der Waals surface area contributed by atoms with Gasteiger partial charge in [0.25, 0.3) is 0 Å². The van der Waals surface area contributed by atoms with E-state index in [2.05, 4.69) is 44.1 Å². The van der Waals surface area contributed by atoms with Crippen LogP contribution in [0.1, 0.15) is 24.5 Å². The van der Waals surface area contributed by atoms with Crippen LogP contribution in [0.25, 0.3) is 0 Å². The van der Waals surface area contributed by atoms with Crippen molar-refractivity contribution in [1.82, 2.24) is 0 Å². The topological polar surface area (TPSA) is 29.3 Å². The highest BCUT2D eigenvalue weighted by Gasteiger charge is 2.04. The van der Waals surface area contributed by atoms with Crippen LogP contribution in [0.5, 0.6) is 0 Å². The van der Waals surface area contributed by atoms with Gasteiger partial charge in [-0.05, 0) is 23.6 Å². The first-order valence-electron chi connectivity index (χ1n) is 5.18. The SMILES string of the molecule is CCCc1ccc(CN)cc1N(C)C. The van der Waals surface area contributed by atoms with E-state index in [9.17, 15) is 0 Å². The molecular weight excluding hydrogens is 172 g/mol. The average Bonchev–Trinajstić information content (AvgIpc) is 2.18. The van der Waals surface area contributed by atoms with Crippen LogP contribution in [0.15, 0.2) is 18.2 Å². The van der Waals surface area contributed by atoms with Crippen molar-refractivity contribution in [3.05, 3.63) is 29.3 Å². The first kappa shape index (κ1) is 11.1. The molecule has 0 fully saturated rings. The summed E-state index contributed by atoms with van der Waals surface area (Å²) in [6.07, 6.45) is 2.32. The Morgan fingerprint density at radius 3 is 2.50 bits per heavy atom. The predicted octanol–water partition coefficient (Wildman–Crippen LogP) is 2.16. The third-order valence-electron chi connectivity index (χ3n) is 2.39. The molecule has 0 saturated heterocycles. The summed E-state index contributed by atoms with van der Waals surface area (Å²) in [4.78, 5) is 2.16. The van der Waals surface area contributed by atoms with E-state index < -0.39 is 0 Å². The largest absolute Gasteiger partial charge is 0.377 e. The smallest absolute Gasteiger partial charge is 0.0396 e. The molecule has 1 aromatic rings. The Kier molecular flexibility index (Phi) is 3.96. The zero-order valence-electron chi connectivity index (χ0n) is 9.38. The predicted molar refractivity (Wildman–Crippen MR) is 62.7 cm³/mol. The summed E-state index contributed by atoms with van der Waals surface area (Å²) in [5, 5.41) is 0. The monoisotopic (exact) mass is 192 g/mol. The van der Waals surface area contributed by atoms with Crippen LogP contribution in [-0.2, 0) is 13.0 Å². The molecule has 14 heavy (non-hydrogen) atoms. The maximum atomic E-state index is 5.62. The molecule has 1 rings (SSSR count). The normalized spacial score (nSPS) is 10.3. The van der Waals surface area contributed by atoms with Crippen molar-refractivity contribution in [2.45, 2.75) is 26.3 Å². The summed E-state index contributed by atoms with van der Waals surface area (Å²) in [5.74, 6) is 0. The van der Waals surface area contributed by atoms with Crippen LogP contribution in [0, 0.1) is 0 Å². The first-order chi connectivity index (χ1) is 6.69. The summed E-state index contributed by atoms with van der Waals surface area (Å²) >= 11 is 0. The summed E-state index contributed by atoms with van der Waals surface area (Å²) in [6.45, 7) is 2.82. The quantitative estimate of drug-likeness (QED) is 0.792. The number of aryl methyl sites for hydroxylation is 1. The van der Waals surface area contributed by atoms with Crippen molar-refractivity contribution in [1.29, 1.82) is 0 Å². The molecule has 0 spiro atoms. The van der Waals surface area contributed by atoms with Crippen molar-refractivity contribution in [2.75, 3.05) is 19.0 Å². The fraction of sp³-hybridized carbons (Fsp3) is 0.500. The molecule has 0 amide bonds. The van der Waals surface area contributed by atoms with E-state index in [-0.39, 0.29) is 0 Å². The number of benzene rings is 1. The second-order valence-corrected chi connectivity index (χ2v) is 3.81. The van der Waals surface area contributed by atoms with E-state index in [4.69, 9.17) is 5.73 Å². The lowest BCUT2D eigenvalue weighted by molar-refractivity contribution is 0.909. The van der Waals surface area contributed by atoms with Gasteiger partial charge in [-0.1, -0.05) is 25.5 Å². The molecule has 0 unspecified atom stereocenters. The van der Waals surface area contributed by atoms with E-state index in [0.29, 0.717) is 6.54 Å². The third-order valence-corrected chi connectivity index (χ3v) is 2.39. The number of hydrogen-bond donors (Lipinski definition) is 1. The Morgan fingerprint density at radius 1 is 1.29 bits per heavy atom. The second kappa shape index (κ2) is 5.01. The molecule has 0 aliphatic carbocycles. The van der Waals surface area contributed by atoms with Gasteiger partial charge in [0.2, 0.25) is 0 Å². The van der Waals surface area contributed by atoms with Crippen molar-refractivity contribution < 1.29 is 0 Å². The van der Waals surface area contributed by atoms with Crippen molar-refractivity contribution in [3.8, 4) is 0 Å². The standard InChI is InChI=1S/C12H20N2/c1-4-5-11-7-6-10(9-13)8-12(11)14(2)3/h6-8H,4-5,9,13H2,1-3H3. The third kappa shape index (κ3) is 2.48. The number of rotatable bonds is 4. The Morgan fingerprint density at radius 2 is 2.00 bits per heavy atom. The van der Waals surface area contributed by atoms with Crippen LogP contribution in [0.2, 0.25) is 0 Å². The zero-order chi connectivity index (χ0) is 10.6. The summed E-state index contributed by atoms with van der Waals surface area (Å²) in [7, 11) is 4.16. The van der Waals surface area contributed by atoms with Gasteiger partial charge in [-0.25, -0.2) is 0 Å². The molecule has 0 bridgehead atoms. The van der Waals surface area contributed by atoms with Gasteiger partial charge >= 0.3 is 0 Å². The van der Waals surface area contributed by atoms with Gasteiger partial charge in [0.15, 0.2) is 0 Å². The van der Waals surface area contributed by atoms with Crippen LogP contribution >= 0.6 is 0 Å². The second-order valence-electron chi connectivity index (χ2n) is 3.81. The molecular formula is C12H20N2. The molecule has 0 aromatic heterocycles. The van der Waals surface area contributed by atoms with Crippen LogP contribution < -0.4 is 10.6 Å². The van der Waals surface area contributed by atoms with Crippen molar-refractivity contribution in [2.24, 2.45) is 5.73 Å². The highest BCUT2D eigenvalue weighted by atomic mass is 15.1. The zero-order valence-corrected chi connectivity index (χ0v) is 9.38. The molecule has 2 heteroatoms. The van der Waals surface area contributed by atoms with E-state index in [1.54, 1.807) is 0 Å². The lowest BCUT2D eigenvalue weighted by Gasteiger charge is -2.18. The minimum atomic E-state index is 0.618. The molecule has 1 aromatic carbocycles. The number of nitrogens with two attached hydrogens (primary N) is 1. The van der Waals surface area contributed by atoms with E-state index >= 15 is 0 Å². The van der Waals surface area contributed by atoms with Gasteiger partial charge < -0.3 is 10.6 Å². The van der Waals surface area contributed by atoms with Crippen LogP contribution in [0.4, 0.5) is 5.69 Å². The molecule has 78 valence electrons. The van der Waals surface area contributed by atoms with Gasteiger partial charge in [-0.15, -0.1) is 0 Å². The molecule has 0 heterocycles. The summed E-state index contributed by atoms with van der Waals surface area (Å²) in [6, 6.07) is 6.50. The molecule has 2 N–H and O–H groups in total. The van der Waals surface area contributed by atoms with Crippen molar-refractivity contribution >= 4 is 5.69 Å². The molecule has 0 saturated carbocycles. The summed E-state index contributed by atoms with van der Waals surface area (Å²) < 4.78 is 0. The summed E-state index contributed by atoms with van der Waals surface area (Å²) in [5.41, 5.74) is 9.54. The van der Waals surface area contributed by atoms with Gasteiger partial charge in [0.1, 0.15) is 0 Å². The number of nitrogens with zero attached hydrogens (tertiary/aromatic N) is 1. The maximum Gasteiger partial charge on any atom is 0.0396 e. The molecule has 0 aliphatic heterocycles. The lowest BCUT2D eigenvalue weighted by Crippen LogP contribution is -2.12. The molecule has 2 nitrogen and oxygen atoms in total. The maximum absolute atomic E-state index is 5.62. The van der Waals surface area contributed by atoms with Gasteiger partial charge in [0.05, 0.1) is 0 Å². The Balaban J connectivity index is 3.03. The van der Waals surface area contributed by atoms with E-state index in [1.807, 2.05) is 0 Å². The van der Waals surface area contributed by atoms with Crippen LogP contribution in [0.3, 0.4) is 0 Å².